The largest absolute Gasteiger partial charge is 0.346 e. The van der Waals surface area contributed by atoms with Crippen molar-refractivity contribution in [3.63, 3.8) is 0 Å². The van der Waals surface area contributed by atoms with Gasteiger partial charge in [-0.3, -0.25) is 9.59 Å². The fraction of sp³-hybridized carbons (Fsp3) is 0.600. The Hall–Kier alpha value is -1.62. The van der Waals surface area contributed by atoms with Crippen LogP contribution in [-0.2, 0) is 7.05 Å². The molecule has 0 aromatic carbocycles. The zero-order chi connectivity index (χ0) is 14.9. The molecule has 110 valence electrons. The third-order valence-corrected chi connectivity index (χ3v) is 4.19. The lowest BCUT2D eigenvalue weighted by Crippen LogP contribution is -2.44. The van der Waals surface area contributed by atoms with Gasteiger partial charge in [0, 0.05) is 31.9 Å². The van der Waals surface area contributed by atoms with Gasteiger partial charge in [-0.05, 0) is 46.0 Å². The number of carbonyl (C=O) groups is 2. The second-order valence-corrected chi connectivity index (χ2v) is 5.73. The molecule has 20 heavy (non-hydrogen) atoms. The fourth-order valence-corrected chi connectivity index (χ4v) is 2.70. The maximum Gasteiger partial charge on any atom is 0.270 e. The van der Waals surface area contributed by atoms with Gasteiger partial charge in [-0.25, -0.2) is 0 Å². The van der Waals surface area contributed by atoms with E-state index in [2.05, 4.69) is 11.9 Å². The van der Waals surface area contributed by atoms with Gasteiger partial charge < -0.3 is 14.4 Å². The van der Waals surface area contributed by atoms with E-state index in [0.29, 0.717) is 11.3 Å². The van der Waals surface area contributed by atoms with Crippen molar-refractivity contribution in [2.45, 2.75) is 25.8 Å². The SMILES string of the molecule is CC(=O)c1cc(C(=O)N(C)C2CCN(C)CC2)n(C)c1. The minimum Gasteiger partial charge on any atom is -0.346 e. The third kappa shape index (κ3) is 2.93. The van der Waals surface area contributed by atoms with E-state index in [1.165, 1.54) is 6.92 Å². The highest BCUT2D eigenvalue weighted by atomic mass is 16.2. The number of piperidine rings is 1. The van der Waals surface area contributed by atoms with Gasteiger partial charge in [-0.2, -0.15) is 0 Å². The molecule has 2 heterocycles. The van der Waals surface area contributed by atoms with Crippen molar-refractivity contribution in [2.75, 3.05) is 27.2 Å². The summed E-state index contributed by atoms with van der Waals surface area (Å²) in [7, 11) is 5.77. The maximum atomic E-state index is 12.6. The predicted octanol–water partition coefficient (Wildman–Crippen LogP) is 1.39. The molecule has 0 spiro atoms. The highest BCUT2D eigenvalue weighted by Crippen LogP contribution is 2.18. The van der Waals surface area contributed by atoms with Gasteiger partial charge in [0.15, 0.2) is 5.78 Å². The Morgan fingerprint density at radius 1 is 1.25 bits per heavy atom. The molecule has 2 rings (SSSR count). The van der Waals surface area contributed by atoms with Crippen LogP contribution in [-0.4, -0.2) is 59.3 Å². The predicted molar refractivity (Wildman–Crippen MR) is 78.0 cm³/mol. The summed E-state index contributed by atoms with van der Waals surface area (Å²) >= 11 is 0. The standard InChI is InChI=1S/C15H23N3O2/c1-11(19)12-9-14(17(3)10-12)15(20)18(4)13-5-7-16(2)8-6-13/h9-10,13H,5-8H2,1-4H3. The van der Waals surface area contributed by atoms with Gasteiger partial charge in [-0.1, -0.05) is 0 Å². The lowest BCUT2D eigenvalue weighted by Gasteiger charge is -2.35. The van der Waals surface area contributed by atoms with Crippen molar-refractivity contribution in [3.8, 4) is 0 Å². The first kappa shape index (κ1) is 14.8. The Morgan fingerprint density at radius 3 is 2.35 bits per heavy atom. The van der Waals surface area contributed by atoms with E-state index in [1.54, 1.807) is 16.8 Å². The van der Waals surface area contributed by atoms with Gasteiger partial charge >= 0.3 is 0 Å². The minimum absolute atomic E-state index is 0.00504. The summed E-state index contributed by atoms with van der Waals surface area (Å²) < 4.78 is 1.74. The van der Waals surface area contributed by atoms with Gasteiger partial charge in [0.1, 0.15) is 5.69 Å². The number of rotatable bonds is 3. The van der Waals surface area contributed by atoms with Gasteiger partial charge in [0.2, 0.25) is 0 Å². The summed E-state index contributed by atoms with van der Waals surface area (Å²) in [6.07, 6.45) is 3.73. The number of Topliss-reactive ketones (excluding diaryl/α,β-unsaturated/α-hetero) is 1. The van der Waals surface area contributed by atoms with E-state index in [-0.39, 0.29) is 17.7 Å². The summed E-state index contributed by atoms with van der Waals surface area (Å²) in [5.41, 5.74) is 1.17. The zero-order valence-corrected chi connectivity index (χ0v) is 12.7. The molecule has 0 radical (unpaired) electrons. The Kier molecular flexibility index (Phi) is 4.28. The average Bonchev–Trinajstić information content (AvgIpc) is 2.80. The minimum atomic E-state index is -0.0124. The van der Waals surface area contributed by atoms with E-state index >= 15 is 0 Å². The van der Waals surface area contributed by atoms with Gasteiger partial charge in [0.25, 0.3) is 5.91 Å². The van der Waals surface area contributed by atoms with Crippen molar-refractivity contribution in [1.29, 1.82) is 0 Å². The topological polar surface area (TPSA) is 45.6 Å². The highest BCUT2D eigenvalue weighted by Gasteiger charge is 2.26. The normalized spacial score (nSPS) is 17.2. The Bertz CT molecular complexity index is 513. The molecule has 1 aliphatic rings. The molecular weight excluding hydrogens is 254 g/mol. The molecule has 1 aromatic rings. The summed E-state index contributed by atoms with van der Waals surface area (Å²) in [6.45, 7) is 3.56. The fourth-order valence-electron chi connectivity index (χ4n) is 2.70. The number of aromatic nitrogens is 1. The number of aryl methyl sites for hydroxylation is 1. The highest BCUT2D eigenvalue weighted by molar-refractivity contribution is 5.99. The van der Waals surface area contributed by atoms with Gasteiger partial charge in [-0.15, -0.1) is 0 Å². The molecule has 1 fully saturated rings. The van der Waals surface area contributed by atoms with Crippen LogP contribution in [0.5, 0.6) is 0 Å². The lowest BCUT2D eigenvalue weighted by atomic mass is 10.0. The number of ketones is 1. The second kappa shape index (κ2) is 5.79. The first-order valence-corrected chi connectivity index (χ1v) is 7.03. The number of carbonyl (C=O) groups excluding carboxylic acids is 2. The van der Waals surface area contributed by atoms with Crippen LogP contribution in [0.4, 0.5) is 0 Å². The van der Waals surface area contributed by atoms with Crippen LogP contribution in [0.1, 0.15) is 40.6 Å². The van der Waals surface area contributed by atoms with Gasteiger partial charge in [0.05, 0.1) is 0 Å². The Labute approximate surface area is 120 Å². The van der Waals surface area contributed by atoms with E-state index in [1.807, 2.05) is 19.0 Å². The lowest BCUT2D eigenvalue weighted by molar-refractivity contribution is 0.0650. The van der Waals surface area contributed by atoms with Crippen LogP contribution in [0.3, 0.4) is 0 Å². The van der Waals surface area contributed by atoms with E-state index in [0.717, 1.165) is 25.9 Å². The average molecular weight is 277 g/mol. The molecule has 0 N–H and O–H groups in total. The van der Waals surface area contributed by atoms with Crippen LogP contribution >= 0.6 is 0 Å². The summed E-state index contributed by atoms with van der Waals surface area (Å²) in [5, 5.41) is 0. The van der Waals surface area contributed by atoms with Crippen molar-refractivity contribution in [3.05, 3.63) is 23.5 Å². The van der Waals surface area contributed by atoms with Crippen molar-refractivity contribution >= 4 is 11.7 Å². The van der Waals surface area contributed by atoms with Crippen LogP contribution in [0.25, 0.3) is 0 Å². The zero-order valence-electron chi connectivity index (χ0n) is 12.7. The molecular formula is C15H23N3O2. The Morgan fingerprint density at radius 2 is 1.85 bits per heavy atom. The molecule has 1 aromatic heterocycles. The third-order valence-electron chi connectivity index (χ3n) is 4.19. The molecule has 1 aliphatic heterocycles. The van der Waals surface area contributed by atoms with Crippen molar-refractivity contribution in [1.82, 2.24) is 14.4 Å². The van der Waals surface area contributed by atoms with Crippen LogP contribution in [0.2, 0.25) is 0 Å². The quantitative estimate of drug-likeness (QED) is 0.784. The molecule has 5 heteroatoms. The molecule has 0 atom stereocenters. The first-order valence-electron chi connectivity index (χ1n) is 7.03. The van der Waals surface area contributed by atoms with Crippen LogP contribution < -0.4 is 0 Å². The van der Waals surface area contributed by atoms with Crippen molar-refractivity contribution in [2.24, 2.45) is 7.05 Å². The van der Waals surface area contributed by atoms with E-state index < -0.39 is 0 Å². The number of likely N-dealkylation sites (tertiary alicyclic amines) is 1. The van der Waals surface area contributed by atoms with E-state index in [4.69, 9.17) is 0 Å². The molecule has 0 unspecified atom stereocenters. The monoisotopic (exact) mass is 277 g/mol. The first-order chi connectivity index (χ1) is 9.40. The second-order valence-electron chi connectivity index (χ2n) is 5.73. The molecule has 5 nitrogen and oxygen atoms in total. The molecule has 0 bridgehead atoms. The number of hydrogen-bond acceptors (Lipinski definition) is 3. The maximum absolute atomic E-state index is 12.6. The number of nitrogens with zero attached hydrogens (tertiary/aromatic N) is 3. The van der Waals surface area contributed by atoms with Crippen molar-refractivity contribution < 1.29 is 9.59 Å². The molecule has 0 saturated carbocycles. The number of hydrogen-bond donors (Lipinski definition) is 0. The molecule has 1 saturated heterocycles. The molecule has 1 amide bonds. The number of amides is 1. The smallest absolute Gasteiger partial charge is 0.270 e. The Balaban J connectivity index is 2.12. The summed E-state index contributed by atoms with van der Waals surface area (Å²) in [6, 6.07) is 1.98. The summed E-state index contributed by atoms with van der Waals surface area (Å²) in [4.78, 5) is 28.1. The van der Waals surface area contributed by atoms with Crippen LogP contribution in [0, 0.1) is 0 Å². The van der Waals surface area contributed by atoms with E-state index in [9.17, 15) is 9.59 Å². The summed E-state index contributed by atoms with van der Waals surface area (Å²) in [5.74, 6) is -0.0175. The van der Waals surface area contributed by atoms with Crippen LogP contribution in [0.15, 0.2) is 12.3 Å². The molecule has 0 aliphatic carbocycles.